The molecule has 8 nitrogen and oxygen atoms in total. The molecule has 3 rings (SSSR count). The van der Waals surface area contributed by atoms with Crippen molar-refractivity contribution in [2.45, 2.75) is 5.16 Å². The number of halogens is 1. The zero-order chi connectivity index (χ0) is 20.8. The fourth-order valence-electron chi connectivity index (χ4n) is 2.47. The second-order valence-corrected chi connectivity index (χ2v) is 7.72. The van der Waals surface area contributed by atoms with Crippen LogP contribution in [0.25, 0.3) is 11.4 Å². The summed E-state index contributed by atoms with van der Waals surface area (Å²) >= 11 is 4.52. The quantitative estimate of drug-likeness (QED) is 0.420. The Morgan fingerprint density at radius 2 is 1.83 bits per heavy atom. The molecule has 0 saturated heterocycles. The van der Waals surface area contributed by atoms with Gasteiger partial charge in [-0.25, -0.2) is 0 Å². The highest BCUT2D eigenvalue weighted by molar-refractivity contribution is 9.10. The average Bonchev–Trinajstić information content (AvgIpc) is 3.11. The van der Waals surface area contributed by atoms with Gasteiger partial charge in [0.25, 0.3) is 5.91 Å². The standard InChI is InChI=1S/C19H18BrN5O3S/c1-25-17(14-5-3-4-6-15(14)28-2)22-24-19(25)29-11-16(26)21-23-18(27)12-7-9-13(20)10-8-12/h3-10H,11H2,1-2H3,(H,21,26)(H,23,27). The van der Waals surface area contributed by atoms with Gasteiger partial charge >= 0.3 is 0 Å². The summed E-state index contributed by atoms with van der Waals surface area (Å²) in [6.45, 7) is 0. The Labute approximate surface area is 180 Å². The van der Waals surface area contributed by atoms with E-state index in [2.05, 4.69) is 37.0 Å². The number of hydrogen-bond donors (Lipinski definition) is 2. The molecule has 0 fully saturated rings. The number of carbonyl (C=O) groups is 2. The molecule has 3 aromatic rings. The van der Waals surface area contributed by atoms with Crippen LogP contribution in [0.1, 0.15) is 10.4 Å². The number of nitrogens with zero attached hydrogens (tertiary/aromatic N) is 3. The van der Waals surface area contributed by atoms with Crippen LogP contribution in [-0.4, -0.2) is 39.4 Å². The third kappa shape index (κ3) is 5.15. The number of para-hydroxylation sites is 1. The van der Waals surface area contributed by atoms with E-state index in [1.807, 2.05) is 31.3 Å². The van der Waals surface area contributed by atoms with E-state index in [1.165, 1.54) is 11.8 Å². The molecule has 1 aromatic heterocycles. The molecule has 0 unspecified atom stereocenters. The fraction of sp³-hybridized carbons (Fsp3) is 0.158. The second-order valence-electron chi connectivity index (χ2n) is 5.86. The molecule has 150 valence electrons. The van der Waals surface area contributed by atoms with Crippen molar-refractivity contribution in [3.05, 3.63) is 58.6 Å². The van der Waals surface area contributed by atoms with Gasteiger partial charge in [0.1, 0.15) is 5.75 Å². The van der Waals surface area contributed by atoms with Crippen molar-refractivity contribution in [2.24, 2.45) is 7.05 Å². The minimum absolute atomic E-state index is 0.0680. The van der Waals surface area contributed by atoms with Crippen molar-refractivity contribution in [2.75, 3.05) is 12.9 Å². The molecule has 2 aromatic carbocycles. The van der Waals surface area contributed by atoms with Gasteiger partial charge in [-0.05, 0) is 36.4 Å². The number of hydrogen-bond acceptors (Lipinski definition) is 6. The number of rotatable bonds is 6. The lowest BCUT2D eigenvalue weighted by Crippen LogP contribution is -2.42. The molecule has 0 saturated carbocycles. The first-order valence-corrected chi connectivity index (χ1v) is 10.3. The molecule has 0 aliphatic heterocycles. The molecule has 0 bridgehead atoms. The number of aromatic nitrogens is 3. The first-order valence-electron chi connectivity index (χ1n) is 8.50. The van der Waals surface area contributed by atoms with E-state index < -0.39 is 5.91 Å². The van der Waals surface area contributed by atoms with Crippen LogP contribution in [0.2, 0.25) is 0 Å². The number of ether oxygens (including phenoxy) is 1. The number of thioether (sulfide) groups is 1. The molecule has 0 atom stereocenters. The van der Waals surface area contributed by atoms with E-state index >= 15 is 0 Å². The zero-order valence-corrected chi connectivity index (χ0v) is 18.1. The highest BCUT2D eigenvalue weighted by Gasteiger charge is 2.16. The Hall–Kier alpha value is -2.85. The number of carbonyl (C=O) groups excluding carboxylic acids is 2. The van der Waals surface area contributed by atoms with Crippen molar-refractivity contribution in [1.29, 1.82) is 0 Å². The van der Waals surface area contributed by atoms with E-state index in [9.17, 15) is 9.59 Å². The lowest BCUT2D eigenvalue weighted by atomic mass is 10.2. The van der Waals surface area contributed by atoms with Crippen LogP contribution < -0.4 is 15.6 Å². The molecule has 10 heteroatoms. The maximum absolute atomic E-state index is 12.1. The molecule has 2 amide bonds. The summed E-state index contributed by atoms with van der Waals surface area (Å²) < 4.78 is 8.02. The minimum atomic E-state index is -0.395. The van der Waals surface area contributed by atoms with Crippen LogP contribution in [0.3, 0.4) is 0 Å². The molecule has 0 radical (unpaired) electrons. The normalized spacial score (nSPS) is 10.4. The highest BCUT2D eigenvalue weighted by atomic mass is 79.9. The predicted molar refractivity (Wildman–Crippen MR) is 113 cm³/mol. The predicted octanol–water partition coefficient (Wildman–Crippen LogP) is 2.81. The van der Waals surface area contributed by atoms with Crippen LogP contribution in [0.4, 0.5) is 0 Å². The molecule has 0 aliphatic carbocycles. The van der Waals surface area contributed by atoms with Crippen LogP contribution in [0.5, 0.6) is 5.75 Å². The number of nitrogens with one attached hydrogen (secondary N) is 2. The summed E-state index contributed by atoms with van der Waals surface area (Å²) in [4.78, 5) is 24.1. The van der Waals surface area contributed by atoms with Crippen molar-refractivity contribution in [3.8, 4) is 17.1 Å². The summed E-state index contributed by atoms with van der Waals surface area (Å²) in [6.07, 6.45) is 0. The van der Waals surface area contributed by atoms with Gasteiger partial charge in [0.2, 0.25) is 5.91 Å². The van der Waals surface area contributed by atoms with E-state index in [4.69, 9.17) is 4.74 Å². The first-order chi connectivity index (χ1) is 14.0. The SMILES string of the molecule is COc1ccccc1-c1nnc(SCC(=O)NNC(=O)c2ccc(Br)cc2)n1C. The van der Waals surface area contributed by atoms with Gasteiger partial charge in [-0.1, -0.05) is 39.8 Å². The van der Waals surface area contributed by atoms with Crippen molar-refractivity contribution in [3.63, 3.8) is 0 Å². The maximum atomic E-state index is 12.1. The molecule has 0 spiro atoms. The molecule has 0 aliphatic rings. The van der Waals surface area contributed by atoms with Crippen LogP contribution >= 0.6 is 27.7 Å². The average molecular weight is 476 g/mol. The van der Waals surface area contributed by atoms with Crippen LogP contribution in [0.15, 0.2) is 58.2 Å². The Morgan fingerprint density at radius 1 is 1.10 bits per heavy atom. The van der Waals surface area contributed by atoms with E-state index in [1.54, 1.807) is 35.9 Å². The monoisotopic (exact) mass is 475 g/mol. The summed E-state index contributed by atoms with van der Waals surface area (Å²) in [7, 11) is 3.41. The first kappa shape index (κ1) is 20.9. The molecular formula is C19H18BrN5O3S. The van der Waals surface area contributed by atoms with Crippen molar-refractivity contribution < 1.29 is 14.3 Å². The highest BCUT2D eigenvalue weighted by Crippen LogP contribution is 2.29. The molecule has 29 heavy (non-hydrogen) atoms. The summed E-state index contributed by atoms with van der Waals surface area (Å²) in [6, 6.07) is 14.3. The van der Waals surface area contributed by atoms with E-state index in [0.717, 1.165) is 10.0 Å². The third-order valence-corrected chi connectivity index (χ3v) is 5.49. The number of hydrazine groups is 1. The maximum Gasteiger partial charge on any atom is 0.269 e. The van der Waals surface area contributed by atoms with Gasteiger partial charge in [0.15, 0.2) is 11.0 Å². The van der Waals surface area contributed by atoms with Crippen LogP contribution in [-0.2, 0) is 11.8 Å². The Kier molecular flexibility index (Phi) is 6.89. The smallest absolute Gasteiger partial charge is 0.269 e. The summed E-state index contributed by atoms with van der Waals surface area (Å²) in [5.74, 6) is 0.635. The topological polar surface area (TPSA) is 98.1 Å². The summed E-state index contributed by atoms with van der Waals surface area (Å²) in [5, 5.41) is 8.91. The van der Waals surface area contributed by atoms with Gasteiger partial charge in [0, 0.05) is 17.1 Å². The van der Waals surface area contributed by atoms with E-state index in [-0.39, 0.29) is 11.7 Å². The van der Waals surface area contributed by atoms with Gasteiger partial charge < -0.3 is 9.30 Å². The van der Waals surface area contributed by atoms with Gasteiger partial charge in [0.05, 0.1) is 18.4 Å². The minimum Gasteiger partial charge on any atom is -0.496 e. The van der Waals surface area contributed by atoms with E-state index in [0.29, 0.717) is 22.3 Å². The zero-order valence-electron chi connectivity index (χ0n) is 15.7. The van der Waals surface area contributed by atoms with Crippen LogP contribution in [0, 0.1) is 0 Å². The van der Waals surface area contributed by atoms with Gasteiger partial charge in [-0.2, -0.15) is 0 Å². The number of benzene rings is 2. The van der Waals surface area contributed by atoms with Crippen molar-refractivity contribution >= 4 is 39.5 Å². The third-order valence-electron chi connectivity index (χ3n) is 3.94. The lowest BCUT2D eigenvalue weighted by molar-refractivity contribution is -0.119. The number of amides is 2. The fourth-order valence-corrected chi connectivity index (χ4v) is 3.45. The molecular weight excluding hydrogens is 458 g/mol. The Balaban J connectivity index is 1.56. The van der Waals surface area contributed by atoms with Crippen molar-refractivity contribution in [1.82, 2.24) is 25.6 Å². The van der Waals surface area contributed by atoms with Gasteiger partial charge in [-0.3, -0.25) is 20.4 Å². The second kappa shape index (κ2) is 9.57. The lowest BCUT2D eigenvalue weighted by Gasteiger charge is -2.09. The molecule has 2 N–H and O–H groups in total. The van der Waals surface area contributed by atoms with Gasteiger partial charge in [-0.15, -0.1) is 10.2 Å². The number of methoxy groups -OCH3 is 1. The Morgan fingerprint density at radius 3 is 2.55 bits per heavy atom. The largest absolute Gasteiger partial charge is 0.496 e. The molecule has 1 heterocycles. The summed E-state index contributed by atoms with van der Waals surface area (Å²) in [5.41, 5.74) is 6.03. The Bertz CT molecular complexity index is 1020.